The van der Waals surface area contributed by atoms with Crippen LogP contribution in [0.1, 0.15) is 73.1 Å². The first kappa shape index (κ1) is 21.8. The maximum atomic E-state index is 11.2. The number of alkyl halides is 1. The van der Waals surface area contributed by atoms with Crippen LogP contribution in [0.4, 0.5) is 0 Å². The van der Waals surface area contributed by atoms with E-state index in [1.165, 1.54) is 0 Å². The second-order valence-corrected chi connectivity index (χ2v) is 11.1. The van der Waals surface area contributed by atoms with Crippen LogP contribution in [-0.2, 0) is 4.74 Å². The van der Waals surface area contributed by atoms with Gasteiger partial charge in [-0.3, -0.25) is 0 Å². The molecule has 0 aromatic rings. The SMILES string of the molecule is C[N-][C@H]1[C@@H]2[C@@H](CC[C@]1(C)O)[C@](C)([N-]C)CC[C@H]2[C@]1(C)CC[C@@H](Cl)C(C)(C)O1. The van der Waals surface area contributed by atoms with Crippen LogP contribution in [0.3, 0.4) is 0 Å². The van der Waals surface area contributed by atoms with Crippen molar-refractivity contribution < 1.29 is 9.84 Å². The molecule has 0 aromatic carbocycles. The zero-order chi connectivity index (χ0) is 20.3. The Morgan fingerprint density at radius 2 is 1.56 bits per heavy atom. The summed E-state index contributed by atoms with van der Waals surface area (Å²) in [5.74, 6) is 1.09. The number of rotatable bonds is 3. The van der Waals surface area contributed by atoms with E-state index in [0.29, 0.717) is 11.8 Å². The molecule has 3 aliphatic rings. The highest BCUT2D eigenvalue weighted by Gasteiger charge is 2.56. The molecule has 2 saturated carbocycles. The van der Waals surface area contributed by atoms with Crippen LogP contribution in [0.5, 0.6) is 0 Å². The molecule has 4 nitrogen and oxygen atoms in total. The quantitative estimate of drug-likeness (QED) is 0.659. The normalized spacial score (nSPS) is 53.0. The van der Waals surface area contributed by atoms with E-state index < -0.39 is 5.60 Å². The molecule has 0 bridgehead atoms. The van der Waals surface area contributed by atoms with Gasteiger partial charge in [-0.2, -0.15) is 14.1 Å². The first-order valence-electron chi connectivity index (χ1n) is 10.7. The molecule has 0 unspecified atom stereocenters. The molecule has 0 radical (unpaired) electrons. The van der Waals surface area contributed by atoms with E-state index in [1.54, 1.807) is 0 Å². The average Bonchev–Trinajstić information content (AvgIpc) is 2.57. The minimum atomic E-state index is -0.754. The summed E-state index contributed by atoms with van der Waals surface area (Å²) in [4.78, 5) is 0. The summed E-state index contributed by atoms with van der Waals surface area (Å²) < 4.78 is 6.74. The van der Waals surface area contributed by atoms with Crippen LogP contribution in [-0.4, -0.2) is 53.0 Å². The number of fused-ring (bicyclic) bond motifs is 1. The molecule has 3 fully saturated rings. The van der Waals surface area contributed by atoms with Crippen molar-refractivity contribution in [2.24, 2.45) is 17.8 Å². The van der Waals surface area contributed by atoms with Crippen molar-refractivity contribution in [2.45, 2.75) is 107 Å². The van der Waals surface area contributed by atoms with Crippen LogP contribution in [0.2, 0.25) is 0 Å². The summed E-state index contributed by atoms with van der Waals surface area (Å²) in [5.41, 5.74) is -1.36. The Kier molecular flexibility index (Phi) is 5.76. The third-order valence-corrected chi connectivity index (χ3v) is 9.11. The summed E-state index contributed by atoms with van der Waals surface area (Å²) in [5, 5.41) is 20.8. The van der Waals surface area contributed by atoms with Gasteiger partial charge in [0.2, 0.25) is 0 Å². The molecule has 8 atom stereocenters. The van der Waals surface area contributed by atoms with Gasteiger partial charge in [-0.25, -0.2) is 0 Å². The first-order valence-corrected chi connectivity index (χ1v) is 11.1. The molecule has 1 aliphatic heterocycles. The van der Waals surface area contributed by atoms with Crippen LogP contribution in [0.25, 0.3) is 10.6 Å². The van der Waals surface area contributed by atoms with Gasteiger partial charge in [0.05, 0.1) is 16.6 Å². The smallest absolute Gasteiger partial charge is 0.0796 e. The van der Waals surface area contributed by atoms with E-state index in [9.17, 15) is 5.11 Å². The van der Waals surface area contributed by atoms with Gasteiger partial charge in [0.1, 0.15) is 0 Å². The molecule has 1 saturated heterocycles. The van der Waals surface area contributed by atoms with E-state index in [1.807, 2.05) is 21.0 Å². The molecule has 1 N–H and O–H groups in total. The second-order valence-electron chi connectivity index (χ2n) is 10.5. The predicted octanol–water partition coefficient (Wildman–Crippen LogP) is 5.26. The molecule has 2 aliphatic carbocycles. The number of hydrogen-bond donors (Lipinski definition) is 1. The van der Waals surface area contributed by atoms with Gasteiger partial charge < -0.3 is 20.5 Å². The van der Waals surface area contributed by atoms with Gasteiger partial charge >= 0.3 is 0 Å². The Hall–Kier alpha value is 0.130. The molecule has 5 heteroatoms. The number of aliphatic hydroxyl groups is 1. The summed E-state index contributed by atoms with van der Waals surface area (Å²) >= 11 is 6.58. The van der Waals surface area contributed by atoms with E-state index in [4.69, 9.17) is 27.0 Å². The van der Waals surface area contributed by atoms with Crippen molar-refractivity contribution in [1.29, 1.82) is 0 Å². The van der Waals surface area contributed by atoms with Gasteiger partial charge in [0.15, 0.2) is 0 Å². The van der Waals surface area contributed by atoms with Crippen LogP contribution < -0.4 is 0 Å². The lowest BCUT2D eigenvalue weighted by atomic mass is 9.50. The van der Waals surface area contributed by atoms with Crippen molar-refractivity contribution in [3.8, 4) is 0 Å². The standard InChI is InChI=1S/C22H39ClN2O2/c1-19(2)16(23)10-13-22(5,27-19)15-8-11-20(3,25-7)14-9-12-21(4,26)18(24-6)17(14)15/h14-18,26H,8-13H2,1-7H3/q-2/t14-,15-,16-,17-,18+,20-,21+,22+/m1/s1. The van der Waals surface area contributed by atoms with Crippen molar-refractivity contribution >= 4 is 11.6 Å². The highest BCUT2D eigenvalue weighted by Crippen LogP contribution is 2.59. The van der Waals surface area contributed by atoms with Gasteiger partial charge in [0, 0.05) is 5.60 Å². The maximum absolute atomic E-state index is 11.2. The maximum Gasteiger partial charge on any atom is 0.0796 e. The fourth-order valence-corrected chi connectivity index (χ4v) is 6.81. The molecular weight excluding hydrogens is 360 g/mol. The monoisotopic (exact) mass is 398 g/mol. The van der Waals surface area contributed by atoms with Crippen LogP contribution in [0.15, 0.2) is 0 Å². The highest BCUT2D eigenvalue weighted by atomic mass is 35.5. The minimum Gasteiger partial charge on any atom is -0.660 e. The number of likely N-dealkylation sites (N-methyl/N-ethyl adjacent to an activating group) is 1. The Labute approximate surface area is 171 Å². The lowest BCUT2D eigenvalue weighted by Gasteiger charge is -2.68. The van der Waals surface area contributed by atoms with Crippen molar-refractivity contribution in [1.82, 2.24) is 0 Å². The van der Waals surface area contributed by atoms with Gasteiger partial charge in [-0.15, -0.1) is 23.2 Å². The Bertz CT molecular complexity index is 554. The van der Waals surface area contributed by atoms with Crippen molar-refractivity contribution in [3.63, 3.8) is 0 Å². The topological polar surface area (TPSA) is 57.7 Å². The number of nitrogens with zero attached hydrogens (tertiary/aromatic N) is 2. The summed E-state index contributed by atoms with van der Waals surface area (Å²) in [7, 11) is 3.83. The molecule has 1 heterocycles. The largest absolute Gasteiger partial charge is 0.660 e. The molecule has 158 valence electrons. The number of ether oxygens (including phenoxy) is 1. The summed E-state index contributed by atoms with van der Waals surface area (Å²) in [6.45, 7) is 10.8. The highest BCUT2D eigenvalue weighted by molar-refractivity contribution is 6.21. The van der Waals surface area contributed by atoms with Gasteiger partial charge in [-0.05, 0) is 71.6 Å². The molecule has 0 amide bonds. The van der Waals surface area contributed by atoms with E-state index in [2.05, 4.69) is 27.7 Å². The third-order valence-electron chi connectivity index (χ3n) is 8.37. The van der Waals surface area contributed by atoms with Crippen LogP contribution >= 0.6 is 11.6 Å². The molecule has 27 heavy (non-hydrogen) atoms. The molecular formula is C22H39ClN2O2-2. The molecule has 0 spiro atoms. The summed E-state index contributed by atoms with van der Waals surface area (Å²) in [6, 6.07) is -0.0695. The zero-order valence-electron chi connectivity index (χ0n) is 18.3. The van der Waals surface area contributed by atoms with E-state index in [0.717, 1.165) is 38.5 Å². The molecule has 3 rings (SSSR count). The van der Waals surface area contributed by atoms with Gasteiger partial charge in [-0.1, -0.05) is 19.3 Å². The summed E-state index contributed by atoms with van der Waals surface area (Å²) in [6.07, 6.45) is 5.89. The predicted molar refractivity (Wildman–Crippen MR) is 113 cm³/mol. The van der Waals surface area contributed by atoms with E-state index in [-0.39, 0.29) is 34.1 Å². The third kappa shape index (κ3) is 3.59. The lowest BCUT2D eigenvalue weighted by molar-refractivity contribution is -0.217. The Morgan fingerprint density at radius 3 is 2.11 bits per heavy atom. The zero-order valence-corrected chi connectivity index (χ0v) is 19.0. The average molecular weight is 399 g/mol. The number of halogens is 1. The van der Waals surface area contributed by atoms with E-state index >= 15 is 0 Å². The van der Waals surface area contributed by atoms with Gasteiger partial charge in [0.25, 0.3) is 0 Å². The van der Waals surface area contributed by atoms with Crippen LogP contribution in [0, 0.1) is 17.8 Å². The fourth-order valence-electron chi connectivity index (χ4n) is 6.65. The van der Waals surface area contributed by atoms with Crippen molar-refractivity contribution in [2.75, 3.05) is 14.1 Å². The Balaban J connectivity index is 2.00. The van der Waals surface area contributed by atoms with Crippen molar-refractivity contribution in [3.05, 3.63) is 10.6 Å². The molecule has 0 aromatic heterocycles. The Morgan fingerprint density at radius 1 is 0.926 bits per heavy atom. The second kappa shape index (κ2) is 7.12. The lowest BCUT2D eigenvalue weighted by Crippen LogP contribution is -2.64. The number of hydrogen-bond acceptors (Lipinski definition) is 2. The first-order chi connectivity index (χ1) is 12.4. The minimum absolute atomic E-state index is 0.0316. The fraction of sp³-hybridized carbons (Fsp3) is 1.00.